The van der Waals surface area contributed by atoms with Gasteiger partial charge >= 0.3 is 12.0 Å². The predicted octanol–water partition coefficient (Wildman–Crippen LogP) is 2.36. The predicted molar refractivity (Wildman–Crippen MR) is 75.5 cm³/mol. The lowest BCUT2D eigenvalue weighted by Gasteiger charge is -2.25. The largest absolute Gasteiger partial charge is 0.468 e. The topological polar surface area (TPSA) is 58.6 Å². The maximum atomic E-state index is 12.1. The van der Waals surface area contributed by atoms with Crippen LogP contribution in [0.1, 0.15) is 24.4 Å². The average molecular weight is 297 g/mol. The normalized spacial score (nSPS) is 17.9. The van der Waals surface area contributed by atoms with E-state index in [2.05, 4.69) is 10.1 Å². The van der Waals surface area contributed by atoms with E-state index in [1.165, 1.54) is 7.11 Å². The van der Waals surface area contributed by atoms with Crippen LogP contribution in [0.15, 0.2) is 24.3 Å². The van der Waals surface area contributed by atoms with Crippen LogP contribution in [0.3, 0.4) is 0 Å². The molecule has 1 aliphatic heterocycles. The van der Waals surface area contributed by atoms with Gasteiger partial charge in [0.05, 0.1) is 13.2 Å². The molecule has 5 nitrogen and oxygen atoms in total. The molecule has 1 heterocycles. The summed E-state index contributed by atoms with van der Waals surface area (Å²) in [4.78, 5) is 24.9. The Hall–Kier alpha value is -1.75. The summed E-state index contributed by atoms with van der Waals surface area (Å²) in [6, 6.07) is 7.21. The highest BCUT2D eigenvalue weighted by Crippen LogP contribution is 2.35. The van der Waals surface area contributed by atoms with Crippen molar-refractivity contribution in [3.63, 3.8) is 0 Å². The van der Waals surface area contributed by atoms with Crippen LogP contribution in [0.2, 0.25) is 5.02 Å². The lowest BCUT2D eigenvalue weighted by Crippen LogP contribution is -2.41. The number of urea groups is 1. The molecule has 0 bridgehead atoms. The first-order valence-corrected chi connectivity index (χ1v) is 6.87. The fourth-order valence-electron chi connectivity index (χ4n) is 2.40. The third-order valence-corrected chi connectivity index (χ3v) is 3.73. The first-order chi connectivity index (χ1) is 9.63. The van der Waals surface area contributed by atoms with Gasteiger partial charge in [-0.05, 0) is 24.5 Å². The van der Waals surface area contributed by atoms with Gasteiger partial charge in [-0.2, -0.15) is 0 Å². The minimum atomic E-state index is -0.466. The molecular formula is C14H17ClN2O3. The molecule has 0 aliphatic carbocycles. The molecule has 108 valence electrons. The number of esters is 1. The lowest BCUT2D eigenvalue weighted by molar-refractivity contribution is -0.139. The average Bonchev–Trinajstić information content (AvgIpc) is 2.94. The Balaban J connectivity index is 2.06. The van der Waals surface area contributed by atoms with Gasteiger partial charge in [0.2, 0.25) is 0 Å². The number of nitrogens with one attached hydrogen (secondary N) is 1. The van der Waals surface area contributed by atoms with Crippen molar-refractivity contribution >= 4 is 23.6 Å². The number of methoxy groups -OCH3 is 1. The molecular weight excluding hydrogens is 280 g/mol. The number of nitrogens with zero attached hydrogens (tertiary/aromatic N) is 1. The highest BCUT2D eigenvalue weighted by molar-refractivity contribution is 6.31. The summed E-state index contributed by atoms with van der Waals surface area (Å²) in [5.74, 6) is -0.466. The van der Waals surface area contributed by atoms with Crippen LogP contribution < -0.4 is 5.32 Å². The molecule has 1 aromatic rings. The molecule has 1 aromatic carbocycles. The Bertz CT molecular complexity index is 507. The second-order valence-electron chi connectivity index (χ2n) is 4.61. The number of ether oxygens (including phenoxy) is 1. The van der Waals surface area contributed by atoms with E-state index < -0.39 is 5.97 Å². The van der Waals surface area contributed by atoms with Crippen molar-refractivity contribution in [1.82, 2.24) is 10.2 Å². The van der Waals surface area contributed by atoms with E-state index in [9.17, 15) is 9.59 Å². The van der Waals surface area contributed by atoms with E-state index in [1.807, 2.05) is 24.3 Å². The Morgan fingerprint density at radius 3 is 2.90 bits per heavy atom. The molecule has 0 radical (unpaired) electrons. The van der Waals surface area contributed by atoms with Crippen LogP contribution in [0, 0.1) is 0 Å². The third kappa shape index (κ3) is 3.22. The highest BCUT2D eigenvalue weighted by atomic mass is 35.5. The van der Waals surface area contributed by atoms with Gasteiger partial charge in [-0.25, -0.2) is 4.79 Å². The molecule has 0 aromatic heterocycles. The number of carbonyl (C=O) groups is 2. The maximum absolute atomic E-state index is 12.1. The zero-order valence-corrected chi connectivity index (χ0v) is 12.0. The monoisotopic (exact) mass is 296 g/mol. The number of carbonyl (C=O) groups excluding carboxylic acids is 2. The fraction of sp³-hybridized carbons (Fsp3) is 0.429. The quantitative estimate of drug-likeness (QED) is 0.871. The Labute approximate surface area is 122 Å². The van der Waals surface area contributed by atoms with Gasteiger partial charge in [-0.3, -0.25) is 4.79 Å². The molecule has 1 unspecified atom stereocenters. The molecule has 0 spiro atoms. The van der Waals surface area contributed by atoms with Crippen LogP contribution in [0.25, 0.3) is 0 Å². The van der Waals surface area contributed by atoms with Crippen molar-refractivity contribution in [2.75, 3.05) is 20.2 Å². The van der Waals surface area contributed by atoms with Gasteiger partial charge in [0.1, 0.15) is 6.54 Å². The standard InChI is InChI=1S/C14H17ClN2O3/c1-20-13(18)9-16-14(19)17-8-4-7-12(17)10-5-2-3-6-11(10)15/h2-3,5-6,12H,4,7-9H2,1H3,(H,16,19). The number of amides is 2. The molecule has 0 saturated carbocycles. The number of hydrogen-bond acceptors (Lipinski definition) is 3. The fourth-order valence-corrected chi connectivity index (χ4v) is 2.66. The number of rotatable bonds is 3. The van der Waals surface area contributed by atoms with Gasteiger partial charge in [-0.15, -0.1) is 0 Å². The third-order valence-electron chi connectivity index (χ3n) is 3.39. The Morgan fingerprint density at radius 2 is 2.20 bits per heavy atom. The highest BCUT2D eigenvalue weighted by Gasteiger charge is 2.31. The van der Waals surface area contributed by atoms with E-state index in [-0.39, 0.29) is 18.6 Å². The zero-order chi connectivity index (χ0) is 14.5. The first kappa shape index (κ1) is 14.7. The second kappa shape index (κ2) is 6.61. The zero-order valence-electron chi connectivity index (χ0n) is 11.3. The van der Waals surface area contributed by atoms with Crippen LogP contribution in [-0.4, -0.2) is 37.1 Å². The van der Waals surface area contributed by atoms with Crippen molar-refractivity contribution in [3.05, 3.63) is 34.9 Å². The Kier molecular flexibility index (Phi) is 4.84. The van der Waals surface area contributed by atoms with E-state index in [0.717, 1.165) is 18.4 Å². The van der Waals surface area contributed by atoms with Gasteiger partial charge in [-0.1, -0.05) is 29.8 Å². The number of likely N-dealkylation sites (tertiary alicyclic amines) is 1. The van der Waals surface area contributed by atoms with Crippen molar-refractivity contribution in [3.8, 4) is 0 Å². The van der Waals surface area contributed by atoms with Crippen LogP contribution >= 0.6 is 11.6 Å². The molecule has 20 heavy (non-hydrogen) atoms. The van der Waals surface area contributed by atoms with Crippen molar-refractivity contribution in [1.29, 1.82) is 0 Å². The minimum absolute atomic E-state index is 0.0404. The van der Waals surface area contributed by atoms with Crippen LogP contribution in [-0.2, 0) is 9.53 Å². The van der Waals surface area contributed by atoms with E-state index in [1.54, 1.807) is 4.90 Å². The molecule has 1 N–H and O–H groups in total. The number of halogens is 1. The van der Waals surface area contributed by atoms with Crippen molar-refractivity contribution < 1.29 is 14.3 Å². The SMILES string of the molecule is COC(=O)CNC(=O)N1CCCC1c1ccccc1Cl. The molecule has 1 atom stereocenters. The van der Waals surface area contributed by atoms with Gasteiger partial charge < -0.3 is 15.0 Å². The first-order valence-electron chi connectivity index (χ1n) is 6.49. The summed E-state index contributed by atoms with van der Waals surface area (Å²) in [7, 11) is 1.29. The van der Waals surface area contributed by atoms with Gasteiger partial charge in [0.25, 0.3) is 0 Å². The molecule has 2 rings (SSSR count). The van der Waals surface area contributed by atoms with E-state index in [4.69, 9.17) is 11.6 Å². The second-order valence-corrected chi connectivity index (χ2v) is 5.01. The maximum Gasteiger partial charge on any atom is 0.325 e. The summed E-state index contributed by atoms with van der Waals surface area (Å²) < 4.78 is 4.50. The number of benzene rings is 1. The van der Waals surface area contributed by atoms with Gasteiger partial charge in [0.15, 0.2) is 0 Å². The van der Waals surface area contributed by atoms with Crippen molar-refractivity contribution in [2.24, 2.45) is 0 Å². The molecule has 1 aliphatic rings. The Morgan fingerprint density at radius 1 is 1.45 bits per heavy atom. The van der Waals surface area contributed by atoms with Crippen LogP contribution in [0.5, 0.6) is 0 Å². The molecule has 6 heteroatoms. The van der Waals surface area contributed by atoms with E-state index >= 15 is 0 Å². The summed E-state index contributed by atoms with van der Waals surface area (Å²) in [5.41, 5.74) is 0.944. The summed E-state index contributed by atoms with van der Waals surface area (Å²) in [5, 5.41) is 3.22. The summed E-state index contributed by atoms with van der Waals surface area (Å²) in [6.07, 6.45) is 1.79. The summed E-state index contributed by atoms with van der Waals surface area (Å²) >= 11 is 6.19. The molecule has 1 fully saturated rings. The number of hydrogen-bond donors (Lipinski definition) is 1. The van der Waals surface area contributed by atoms with Crippen LogP contribution in [0.4, 0.5) is 4.79 Å². The minimum Gasteiger partial charge on any atom is -0.468 e. The van der Waals surface area contributed by atoms with E-state index in [0.29, 0.717) is 11.6 Å². The smallest absolute Gasteiger partial charge is 0.325 e. The van der Waals surface area contributed by atoms with Gasteiger partial charge in [0, 0.05) is 11.6 Å². The molecule has 1 saturated heterocycles. The molecule has 2 amide bonds. The lowest BCUT2D eigenvalue weighted by atomic mass is 10.0. The van der Waals surface area contributed by atoms with Crippen molar-refractivity contribution in [2.45, 2.75) is 18.9 Å². The summed E-state index contributed by atoms with van der Waals surface area (Å²) in [6.45, 7) is 0.532.